The minimum absolute atomic E-state index is 0.0383. The molecule has 2 atom stereocenters. The van der Waals surface area contributed by atoms with Crippen LogP contribution in [-0.4, -0.2) is 35.1 Å². The minimum atomic E-state index is -1.84. The Kier molecular flexibility index (Phi) is 4.89. The van der Waals surface area contributed by atoms with Crippen molar-refractivity contribution in [1.29, 1.82) is 0 Å². The second kappa shape index (κ2) is 7.28. The number of amides is 1. The van der Waals surface area contributed by atoms with Crippen LogP contribution in [0.1, 0.15) is 24.5 Å². The number of carbonyl (C=O) groups is 1. The van der Waals surface area contributed by atoms with E-state index >= 15 is 0 Å². The molecular formula is C20H16F4N2O4. The highest BCUT2D eigenvalue weighted by atomic mass is 19.2. The summed E-state index contributed by atoms with van der Waals surface area (Å²) in [6.07, 6.45) is 0.0383. The van der Waals surface area contributed by atoms with Gasteiger partial charge in [-0.3, -0.25) is 4.79 Å². The molecule has 2 unspecified atom stereocenters. The monoisotopic (exact) mass is 424 g/mol. The Morgan fingerprint density at radius 2 is 1.93 bits per heavy atom. The van der Waals surface area contributed by atoms with E-state index in [1.807, 2.05) is 0 Å². The van der Waals surface area contributed by atoms with Crippen LogP contribution in [0.2, 0.25) is 0 Å². The van der Waals surface area contributed by atoms with Gasteiger partial charge in [0.15, 0.2) is 11.6 Å². The van der Waals surface area contributed by atoms with Gasteiger partial charge < -0.3 is 14.6 Å². The molecule has 1 spiro atoms. The summed E-state index contributed by atoms with van der Waals surface area (Å²) in [5, 5.41) is 14.4. The zero-order chi connectivity index (χ0) is 21.6. The van der Waals surface area contributed by atoms with Crippen molar-refractivity contribution in [3.05, 3.63) is 64.7 Å². The molecule has 2 aliphatic heterocycles. The fourth-order valence-corrected chi connectivity index (χ4v) is 3.76. The number of halogens is 4. The normalized spacial score (nSPS) is 22.4. The quantitative estimate of drug-likeness (QED) is 0.769. The molecule has 2 heterocycles. The summed E-state index contributed by atoms with van der Waals surface area (Å²) in [5.41, 5.74) is -2.25. The van der Waals surface area contributed by atoms with E-state index in [-0.39, 0.29) is 36.5 Å². The van der Waals surface area contributed by atoms with Crippen LogP contribution in [0.25, 0.3) is 0 Å². The molecule has 0 aromatic heterocycles. The summed E-state index contributed by atoms with van der Waals surface area (Å²) in [6, 6.07) is 4.24. The van der Waals surface area contributed by atoms with E-state index in [1.54, 1.807) is 0 Å². The smallest absolute Gasteiger partial charge is 0.244 e. The van der Waals surface area contributed by atoms with Crippen molar-refractivity contribution in [3.8, 4) is 5.75 Å². The third kappa shape index (κ3) is 2.98. The van der Waals surface area contributed by atoms with Crippen LogP contribution in [-0.2, 0) is 15.3 Å². The Morgan fingerprint density at radius 1 is 1.20 bits per heavy atom. The highest BCUT2D eigenvalue weighted by Crippen LogP contribution is 2.50. The second-order valence-electron chi connectivity index (χ2n) is 6.94. The number of aliphatic hydroxyl groups is 1. The molecule has 1 N–H and O–H groups in total. The number of hydrogen-bond donors (Lipinski definition) is 1. The molecule has 4 rings (SSSR count). The number of ether oxygens (including phenoxy) is 2. The molecule has 0 saturated carbocycles. The van der Waals surface area contributed by atoms with Crippen molar-refractivity contribution >= 4 is 11.8 Å². The van der Waals surface area contributed by atoms with Crippen LogP contribution < -0.4 is 4.74 Å². The van der Waals surface area contributed by atoms with Crippen molar-refractivity contribution in [1.82, 2.24) is 5.01 Å². The van der Waals surface area contributed by atoms with Crippen LogP contribution in [0.15, 0.2) is 35.4 Å². The lowest BCUT2D eigenvalue weighted by atomic mass is 9.83. The van der Waals surface area contributed by atoms with Crippen LogP contribution >= 0.6 is 0 Å². The maximum atomic E-state index is 14.4. The largest absolute Gasteiger partial charge is 0.492 e. The first kappa shape index (κ1) is 20.1. The third-order valence-electron chi connectivity index (χ3n) is 5.09. The fourth-order valence-electron chi connectivity index (χ4n) is 3.76. The molecule has 0 aliphatic carbocycles. The summed E-state index contributed by atoms with van der Waals surface area (Å²) >= 11 is 0. The molecule has 0 bridgehead atoms. The average molecular weight is 424 g/mol. The first-order valence-corrected chi connectivity index (χ1v) is 9.05. The Labute approximate surface area is 168 Å². The average Bonchev–Trinajstić information content (AvgIpc) is 3.09. The van der Waals surface area contributed by atoms with E-state index in [0.717, 1.165) is 42.3 Å². The van der Waals surface area contributed by atoms with E-state index in [9.17, 15) is 27.5 Å². The van der Waals surface area contributed by atoms with Crippen molar-refractivity contribution < 1.29 is 36.9 Å². The first-order chi connectivity index (χ1) is 14.3. The van der Waals surface area contributed by atoms with Crippen LogP contribution in [0.4, 0.5) is 17.6 Å². The van der Waals surface area contributed by atoms with Crippen molar-refractivity contribution in [3.63, 3.8) is 0 Å². The van der Waals surface area contributed by atoms with E-state index < -0.39 is 46.7 Å². The summed E-state index contributed by atoms with van der Waals surface area (Å²) in [6.45, 7) is 0.689. The molecule has 0 fully saturated rings. The van der Waals surface area contributed by atoms with Gasteiger partial charge in [0.1, 0.15) is 17.4 Å². The first-order valence-electron chi connectivity index (χ1n) is 9.05. The molecule has 158 valence electrons. The van der Waals surface area contributed by atoms with E-state index in [2.05, 4.69) is 5.10 Å². The standard InChI is InChI=1S/C20H16F4N2O4/c1-10(28)26-20(30-19(25-26)13-6-12(21)2-3-15(13)22)11(4-5-27)9-29-18-8-17(24)16(23)7-14(18)20/h2-3,6-8,11,27H,4-5,9H2,1H3. The van der Waals surface area contributed by atoms with Crippen LogP contribution in [0, 0.1) is 29.2 Å². The maximum Gasteiger partial charge on any atom is 0.244 e. The molecule has 2 aliphatic rings. The van der Waals surface area contributed by atoms with Gasteiger partial charge in [-0.05, 0) is 30.7 Å². The van der Waals surface area contributed by atoms with Crippen LogP contribution in [0.3, 0.4) is 0 Å². The number of fused-ring (bicyclic) bond motifs is 2. The van der Waals surface area contributed by atoms with Crippen LogP contribution in [0.5, 0.6) is 5.75 Å². The minimum Gasteiger partial charge on any atom is -0.492 e. The lowest BCUT2D eigenvalue weighted by Crippen LogP contribution is -2.54. The SMILES string of the molecule is CC(=O)N1N=C(c2cc(F)ccc2F)OC12c1cc(F)c(F)cc1OCC2CCO. The van der Waals surface area contributed by atoms with E-state index in [4.69, 9.17) is 9.47 Å². The van der Waals surface area contributed by atoms with Gasteiger partial charge in [0, 0.05) is 19.6 Å². The lowest BCUT2D eigenvalue weighted by Gasteiger charge is -2.44. The van der Waals surface area contributed by atoms with Gasteiger partial charge in [-0.15, -0.1) is 5.10 Å². The molecule has 0 radical (unpaired) electrons. The van der Waals surface area contributed by atoms with Gasteiger partial charge in [0.2, 0.25) is 17.5 Å². The number of rotatable bonds is 3. The van der Waals surface area contributed by atoms with Crippen molar-refractivity contribution in [2.75, 3.05) is 13.2 Å². The number of hydrazone groups is 1. The summed E-state index contributed by atoms with van der Waals surface area (Å²) in [7, 11) is 0. The number of hydrogen-bond acceptors (Lipinski definition) is 5. The van der Waals surface area contributed by atoms with E-state index in [0.29, 0.717) is 0 Å². The van der Waals surface area contributed by atoms with Gasteiger partial charge in [-0.2, -0.15) is 5.01 Å². The third-order valence-corrected chi connectivity index (χ3v) is 5.09. The fraction of sp³-hybridized carbons (Fsp3) is 0.300. The predicted octanol–water partition coefficient (Wildman–Crippen LogP) is 3.03. The summed E-state index contributed by atoms with van der Waals surface area (Å²) < 4.78 is 67.4. The molecule has 2 aromatic carbocycles. The lowest BCUT2D eigenvalue weighted by molar-refractivity contribution is -0.170. The van der Waals surface area contributed by atoms with E-state index in [1.165, 1.54) is 0 Å². The number of aliphatic hydroxyl groups excluding tert-OH is 1. The van der Waals surface area contributed by atoms with Gasteiger partial charge in [-0.25, -0.2) is 17.6 Å². The highest BCUT2D eigenvalue weighted by molar-refractivity contribution is 5.97. The number of benzene rings is 2. The Balaban J connectivity index is 1.93. The Hall–Kier alpha value is -3.14. The zero-order valence-electron chi connectivity index (χ0n) is 15.7. The van der Waals surface area contributed by atoms with Gasteiger partial charge in [0.25, 0.3) is 0 Å². The topological polar surface area (TPSA) is 71.4 Å². The number of nitrogens with zero attached hydrogens (tertiary/aromatic N) is 2. The summed E-state index contributed by atoms with van der Waals surface area (Å²) in [5.74, 6) is -5.95. The molecule has 2 aromatic rings. The second-order valence-corrected chi connectivity index (χ2v) is 6.94. The number of carbonyl (C=O) groups excluding carboxylic acids is 1. The van der Waals surface area contributed by atoms with Gasteiger partial charge >= 0.3 is 0 Å². The molecule has 0 saturated heterocycles. The van der Waals surface area contributed by atoms with Crippen molar-refractivity contribution in [2.24, 2.45) is 11.0 Å². The molecule has 30 heavy (non-hydrogen) atoms. The maximum absolute atomic E-state index is 14.4. The molecule has 6 nitrogen and oxygen atoms in total. The zero-order valence-corrected chi connectivity index (χ0v) is 15.7. The Morgan fingerprint density at radius 3 is 2.63 bits per heavy atom. The predicted molar refractivity (Wildman–Crippen MR) is 95.2 cm³/mol. The molecule has 1 amide bonds. The van der Waals surface area contributed by atoms with Gasteiger partial charge in [0.05, 0.1) is 23.7 Å². The molecule has 10 heteroatoms. The van der Waals surface area contributed by atoms with Gasteiger partial charge in [-0.1, -0.05) is 0 Å². The van der Waals surface area contributed by atoms with Crippen molar-refractivity contribution in [2.45, 2.75) is 19.1 Å². The summed E-state index contributed by atoms with van der Waals surface area (Å²) in [4.78, 5) is 12.5. The molecular weight excluding hydrogens is 408 g/mol. The Bertz CT molecular complexity index is 1060. The highest BCUT2D eigenvalue weighted by Gasteiger charge is 2.58.